The number of amides is 1. The molecular weight excluding hydrogens is 361 g/mol. The van der Waals surface area contributed by atoms with Crippen molar-refractivity contribution in [3.05, 3.63) is 29.8 Å². The van der Waals surface area contributed by atoms with Crippen LogP contribution in [0.25, 0.3) is 0 Å². The topological polar surface area (TPSA) is 53.6 Å². The first-order valence-electron chi connectivity index (χ1n) is 8.46. The van der Waals surface area contributed by atoms with Gasteiger partial charge in [-0.05, 0) is 50.7 Å². The highest BCUT2D eigenvalue weighted by Gasteiger charge is 2.24. The highest BCUT2D eigenvalue weighted by molar-refractivity contribution is 5.85. The number of hydrogen-bond acceptors (Lipinski definition) is 4. The third-order valence-corrected chi connectivity index (χ3v) is 4.51. The lowest BCUT2D eigenvalue weighted by atomic mass is 10.0. The van der Waals surface area contributed by atoms with E-state index in [0.29, 0.717) is 13.1 Å². The van der Waals surface area contributed by atoms with Gasteiger partial charge in [-0.15, -0.1) is 24.8 Å². The summed E-state index contributed by atoms with van der Waals surface area (Å²) in [6.07, 6.45) is 2.47. The number of halogens is 2. The SMILES string of the molecule is CNCC(C)C(=O)NCC(c1ccc(OC)cc1)N1CCCC1.Cl.Cl. The molecule has 25 heavy (non-hydrogen) atoms. The van der Waals surface area contributed by atoms with Crippen molar-refractivity contribution >= 4 is 30.7 Å². The first-order valence-corrected chi connectivity index (χ1v) is 8.46. The molecule has 0 bridgehead atoms. The maximum atomic E-state index is 12.2. The molecule has 1 amide bonds. The second-order valence-electron chi connectivity index (χ2n) is 6.24. The average Bonchev–Trinajstić information content (AvgIpc) is 3.10. The lowest BCUT2D eigenvalue weighted by molar-refractivity contribution is -0.124. The van der Waals surface area contributed by atoms with Gasteiger partial charge in [0.25, 0.3) is 0 Å². The summed E-state index contributed by atoms with van der Waals surface area (Å²) < 4.78 is 5.24. The number of likely N-dealkylation sites (tertiary alicyclic amines) is 1. The van der Waals surface area contributed by atoms with Crippen LogP contribution >= 0.6 is 24.8 Å². The Bertz CT molecular complexity index is 494. The van der Waals surface area contributed by atoms with Crippen molar-refractivity contribution in [1.29, 1.82) is 0 Å². The van der Waals surface area contributed by atoms with E-state index in [2.05, 4.69) is 27.7 Å². The van der Waals surface area contributed by atoms with Crippen molar-refractivity contribution in [3.8, 4) is 5.75 Å². The third kappa shape index (κ3) is 7.02. The predicted octanol–water partition coefficient (Wildman–Crippen LogP) is 2.65. The number of methoxy groups -OCH3 is 1. The van der Waals surface area contributed by atoms with Gasteiger partial charge in [0.05, 0.1) is 13.2 Å². The van der Waals surface area contributed by atoms with Gasteiger partial charge in [0.1, 0.15) is 5.75 Å². The van der Waals surface area contributed by atoms with E-state index in [1.165, 1.54) is 18.4 Å². The van der Waals surface area contributed by atoms with Gasteiger partial charge in [-0.1, -0.05) is 19.1 Å². The summed E-state index contributed by atoms with van der Waals surface area (Å²) in [5, 5.41) is 6.17. The van der Waals surface area contributed by atoms with E-state index in [-0.39, 0.29) is 42.7 Å². The summed E-state index contributed by atoms with van der Waals surface area (Å²) in [5.74, 6) is 0.952. The fourth-order valence-electron chi connectivity index (χ4n) is 3.11. The summed E-state index contributed by atoms with van der Waals surface area (Å²) in [4.78, 5) is 14.7. The van der Waals surface area contributed by atoms with Gasteiger partial charge in [0.2, 0.25) is 5.91 Å². The van der Waals surface area contributed by atoms with Gasteiger partial charge in [-0.25, -0.2) is 0 Å². The minimum absolute atomic E-state index is 0. The molecule has 7 heteroatoms. The number of carbonyl (C=O) groups is 1. The predicted molar refractivity (Wildman–Crippen MR) is 107 cm³/mol. The Morgan fingerprint density at radius 2 is 1.76 bits per heavy atom. The van der Waals surface area contributed by atoms with Crippen LogP contribution in [0, 0.1) is 5.92 Å². The summed E-state index contributed by atoms with van der Waals surface area (Å²) in [6.45, 7) is 5.49. The highest BCUT2D eigenvalue weighted by atomic mass is 35.5. The van der Waals surface area contributed by atoms with Gasteiger partial charge in [0.15, 0.2) is 0 Å². The van der Waals surface area contributed by atoms with Crippen LogP contribution in [0.3, 0.4) is 0 Å². The number of nitrogens with one attached hydrogen (secondary N) is 2. The van der Waals surface area contributed by atoms with Crippen LogP contribution in [0.4, 0.5) is 0 Å². The molecule has 2 atom stereocenters. The molecule has 0 saturated carbocycles. The third-order valence-electron chi connectivity index (χ3n) is 4.51. The Kier molecular flexibility index (Phi) is 11.9. The van der Waals surface area contributed by atoms with Crippen LogP contribution in [-0.2, 0) is 4.79 Å². The molecule has 2 rings (SSSR count). The summed E-state index contributed by atoms with van der Waals surface area (Å²) in [6, 6.07) is 8.41. The molecule has 2 unspecified atom stereocenters. The standard InChI is InChI=1S/C18H29N3O2.2ClH/c1-14(12-19-2)18(22)20-13-17(21-10-4-5-11-21)15-6-8-16(23-3)9-7-15;;/h6-9,14,17,19H,4-5,10-13H2,1-3H3,(H,20,22);2*1H. The molecular formula is C18H31Cl2N3O2. The minimum Gasteiger partial charge on any atom is -0.497 e. The number of carbonyl (C=O) groups excluding carboxylic acids is 1. The van der Waals surface area contributed by atoms with Crippen LogP contribution in [0.5, 0.6) is 5.75 Å². The second-order valence-corrected chi connectivity index (χ2v) is 6.24. The fraction of sp³-hybridized carbons (Fsp3) is 0.611. The lowest BCUT2D eigenvalue weighted by Gasteiger charge is -2.28. The van der Waals surface area contributed by atoms with E-state index < -0.39 is 0 Å². The Balaban J connectivity index is 0.00000288. The highest BCUT2D eigenvalue weighted by Crippen LogP contribution is 2.26. The molecule has 0 spiro atoms. The lowest BCUT2D eigenvalue weighted by Crippen LogP contribution is -2.40. The van der Waals surface area contributed by atoms with E-state index in [9.17, 15) is 4.79 Å². The molecule has 0 aliphatic carbocycles. The molecule has 1 saturated heterocycles. The summed E-state index contributed by atoms with van der Waals surface area (Å²) in [7, 11) is 3.55. The van der Waals surface area contributed by atoms with Gasteiger partial charge >= 0.3 is 0 Å². The first-order chi connectivity index (χ1) is 11.2. The normalized spacial score (nSPS) is 16.3. The van der Waals surface area contributed by atoms with E-state index in [1.807, 2.05) is 26.1 Å². The average molecular weight is 392 g/mol. The number of ether oxygens (including phenoxy) is 1. The smallest absolute Gasteiger partial charge is 0.224 e. The molecule has 0 radical (unpaired) electrons. The van der Waals surface area contributed by atoms with Gasteiger partial charge in [-0.2, -0.15) is 0 Å². The molecule has 1 heterocycles. The second kappa shape index (κ2) is 12.4. The summed E-state index contributed by atoms with van der Waals surface area (Å²) in [5.41, 5.74) is 1.23. The minimum atomic E-state index is -0.0184. The maximum Gasteiger partial charge on any atom is 0.224 e. The van der Waals surface area contributed by atoms with Crippen molar-refractivity contribution in [2.24, 2.45) is 5.92 Å². The van der Waals surface area contributed by atoms with Gasteiger partial charge in [-0.3, -0.25) is 9.69 Å². The fourth-order valence-corrected chi connectivity index (χ4v) is 3.11. The van der Waals surface area contributed by atoms with Crippen molar-refractivity contribution in [1.82, 2.24) is 15.5 Å². The number of rotatable bonds is 8. The zero-order valence-electron chi connectivity index (χ0n) is 15.3. The maximum absolute atomic E-state index is 12.2. The van der Waals surface area contributed by atoms with Crippen molar-refractivity contribution in [2.75, 3.05) is 40.3 Å². The Labute approximate surface area is 163 Å². The number of hydrogen-bond donors (Lipinski definition) is 2. The van der Waals surface area contributed by atoms with Gasteiger partial charge in [0, 0.05) is 19.0 Å². The largest absolute Gasteiger partial charge is 0.497 e. The quantitative estimate of drug-likeness (QED) is 0.714. The molecule has 5 nitrogen and oxygen atoms in total. The van der Waals surface area contributed by atoms with Crippen LogP contribution < -0.4 is 15.4 Å². The van der Waals surface area contributed by atoms with Crippen LogP contribution in [0.15, 0.2) is 24.3 Å². The van der Waals surface area contributed by atoms with Crippen LogP contribution in [0.2, 0.25) is 0 Å². The Hall–Kier alpha value is -1.01. The molecule has 144 valence electrons. The monoisotopic (exact) mass is 391 g/mol. The zero-order valence-corrected chi connectivity index (χ0v) is 16.9. The summed E-state index contributed by atoms with van der Waals surface area (Å²) >= 11 is 0. The van der Waals surface area contributed by atoms with Crippen molar-refractivity contribution in [2.45, 2.75) is 25.8 Å². The molecule has 0 aromatic heterocycles. The molecule has 1 aromatic rings. The molecule has 1 fully saturated rings. The number of benzene rings is 1. The van der Waals surface area contributed by atoms with E-state index in [1.54, 1.807) is 7.11 Å². The molecule has 1 aliphatic heterocycles. The molecule has 2 N–H and O–H groups in total. The Morgan fingerprint density at radius 3 is 2.28 bits per heavy atom. The molecule has 1 aliphatic rings. The Morgan fingerprint density at radius 1 is 1.16 bits per heavy atom. The van der Waals surface area contributed by atoms with Gasteiger partial charge < -0.3 is 15.4 Å². The van der Waals surface area contributed by atoms with Crippen molar-refractivity contribution in [3.63, 3.8) is 0 Å². The van der Waals surface area contributed by atoms with E-state index in [4.69, 9.17) is 4.74 Å². The number of nitrogens with zero attached hydrogens (tertiary/aromatic N) is 1. The first kappa shape index (κ1) is 24.0. The van der Waals surface area contributed by atoms with Crippen molar-refractivity contribution < 1.29 is 9.53 Å². The van der Waals surface area contributed by atoms with Crippen LogP contribution in [-0.4, -0.2) is 51.1 Å². The zero-order chi connectivity index (χ0) is 16.7. The molecule has 1 aromatic carbocycles. The van der Waals surface area contributed by atoms with Crippen LogP contribution in [0.1, 0.15) is 31.4 Å². The van der Waals surface area contributed by atoms with E-state index >= 15 is 0 Å². The van der Waals surface area contributed by atoms with E-state index in [0.717, 1.165) is 18.8 Å².